The van der Waals surface area contributed by atoms with Crippen LogP contribution in [-0.2, 0) is 16.1 Å². The number of carboxylic acid groups (broad SMARTS) is 1. The smallest absolute Gasteiger partial charge is 0.326 e. The van der Waals surface area contributed by atoms with Crippen molar-refractivity contribution in [2.24, 2.45) is 17.3 Å². The number of amides is 1. The highest BCUT2D eigenvalue weighted by Crippen LogP contribution is 2.49. The molecule has 0 spiro atoms. The molecule has 1 saturated carbocycles. The van der Waals surface area contributed by atoms with Crippen LogP contribution in [-0.4, -0.2) is 48.2 Å². The van der Waals surface area contributed by atoms with Crippen LogP contribution in [0.3, 0.4) is 0 Å². The van der Waals surface area contributed by atoms with Crippen LogP contribution in [0.5, 0.6) is 11.5 Å². The number of carboxylic acids is 1. The van der Waals surface area contributed by atoms with Gasteiger partial charge in [-0.05, 0) is 29.9 Å². The predicted octanol–water partition coefficient (Wildman–Crippen LogP) is 5.44. The van der Waals surface area contributed by atoms with Crippen LogP contribution in [0.1, 0.15) is 70.0 Å². The maximum Gasteiger partial charge on any atom is 0.326 e. The Bertz CT molecular complexity index is 1110. The molecule has 1 aliphatic heterocycles. The van der Waals surface area contributed by atoms with Crippen molar-refractivity contribution in [3.05, 3.63) is 59.7 Å². The molecule has 0 radical (unpaired) electrons. The van der Waals surface area contributed by atoms with Gasteiger partial charge in [0.2, 0.25) is 5.91 Å². The summed E-state index contributed by atoms with van der Waals surface area (Å²) in [4.78, 5) is 28.9. The Kier molecular flexibility index (Phi) is 8.66. The molecule has 7 nitrogen and oxygen atoms in total. The predicted molar refractivity (Wildman–Crippen MR) is 147 cm³/mol. The first-order valence-electron chi connectivity index (χ1n) is 13.7. The molecule has 1 aliphatic carbocycles. The van der Waals surface area contributed by atoms with E-state index in [1.54, 1.807) is 19.1 Å². The van der Waals surface area contributed by atoms with E-state index in [9.17, 15) is 14.7 Å². The lowest BCUT2D eigenvalue weighted by atomic mass is 9.72. The summed E-state index contributed by atoms with van der Waals surface area (Å²) < 4.78 is 11.2. The zero-order valence-electron chi connectivity index (χ0n) is 23.3. The quantitative estimate of drug-likeness (QED) is 0.480. The number of likely N-dealkylation sites (tertiary alicyclic amines) is 1. The number of carbonyl (C=O) groups excluding carboxylic acids is 1. The van der Waals surface area contributed by atoms with Crippen LogP contribution < -0.4 is 14.8 Å². The van der Waals surface area contributed by atoms with Crippen LogP contribution in [0.4, 0.5) is 0 Å². The van der Waals surface area contributed by atoms with Gasteiger partial charge >= 0.3 is 5.97 Å². The molecule has 1 amide bonds. The number of methoxy groups -OCH3 is 2. The number of benzene rings is 2. The third-order valence-corrected chi connectivity index (χ3v) is 8.28. The fourth-order valence-corrected chi connectivity index (χ4v) is 6.61. The summed E-state index contributed by atoms with van der Waals surface area (Å²) in [6.45, 7) is 6.67. The standard InChI is InChI=1S/C31H42N2O5/c1-31(2,3)24-25(32-19-22-17-12-18-23(37-4)28(22)38-5)26(20-13-8-6-9-14-20)33(27(24)30(35)36)29(34)21-15-10-7-11-16-21/h6,8-9,12-14,17-18,21,24-27,32H,7,10-11,15-16,19H2,1-5H3,(H,35,36). The lowest BCUT2D eigenvalue weighted by molar-refractivity contribution is -0.154. The summed E-state index contributed by atoms with van der Waals surface area (Å²) >= 11 is 0. The third-order valence-electron chi connectivity index (χ3n) is 8.28. The molecule has 0 aromatic heterocycles. The molecule has 1 heterocycles. The normalized spacial score (nSPS) is 24.3. The molecule has 2 N–H and O–H groups in total. The number of para-hydroxylation sites is 1. The largest absolute Gasteiger partial charge is 0.493 e. The Hall–Kier alpha value is -3.06. The second kappa shape index (κ2) is 11.8. The molecule has 2 aromatic carbocycles. The van der Waals surface area contributed by atoms with Gasteiger partial charge in [0.25, 0.3) is 0 Å². The van der Waals surface area contributed by atoms with Gasteiger partial charge in [-0.1, -0.05) is 82.5 Å². The second-order valence-corrected chi connectivity index (χ2v) is 11.7. The minimum atomic E-state index is -0.946. The van der Waals surface area contributed by atoms with Gasteiger partial charge in [-0.2, -0.15) is 0 Å². The van der Waals surface area contributed by atoms with Gasteiger partial charge < -0.3 is 24.8 Å². The maximum absolute atomic E-state index is 14.2. The molecular weight excluding hydrogens is 480 g/mol. The molecule has 0 bridgehead atoms. The zero-order valence-corrected chi connectivity index (χ0v) is 23.3. The fourth-order valence-electron chi connectivity index (χ4n) is 6.61. The molecule has 4 rings (SSSR count). The highest BCUT2D eigenvalue weighted by molar-refractivity contribution is 5.87. The first-order valence-corrected chi connectivity index (χ1v) is 13.7. The fraction of sp³-hybridized carbons (Fsp3) is 0.548. The van der Waals surface area contributed by atoms with E-state index < -0.39 is 18.1 Å². The van der Waals surface area contributed by atoms with E-state index in [-0.39, 0.29) is 29.2 Å². The average Bonchev–Trinajstić information content (AvgIpc) is 3.28. The monoisotopic (exact) mass is 522 g/mol. The van der Waals surface area contributed by atoms with Gasteiger partial charge in [0.1, 0.15) is 6.04 Å². The van der Waals surface area contributed by atoms with Crippen molar-refractivity contribution in [2.45, 2.75) is 77.5 Å². The minimum Gasteiger partial charge on any atom is -0.493 e. The van der Waals surface area contributed by atoms with Crippen LogP contribution in [0, 0.1) is 17.3 Å². The van der Waals surface area contributed by atoms with Gasteiger partial charge in [0.05, 0.1) is 20.3 Å². The zero-order chi connectivity index (χ0) is 27.4. The van der Waals surface area contributed by atoms with Crippen molar-refractivity contribution < 1.29 is 24.2 Å². The van der Waals surface area contributed by atoms with Gasteiger partial charge in [-0.15, -0.1) is 0 Å². The second-order valence-electron chi connectivity index (χ2n) is 11.7. The Labute approximate surface area is 226 Å². The maximum atomic E-state index is 14.2. The van der Waals surface area contributed by atoms with Crippen molar-refractivity contribution in [3.8, 4) is 11.5 Å². The Morgan fingerprint density at radius 1 is 0.974 bits per heavy atom. The minimum absolute atomic E-state index is 0.0246. The Morgan fingerprint density at radius 3 is 2.24 bits per heavy atom. The highest BCUT2D eigenvalue weighted by atomic mass is 16.5. The number of aliphatic carboxylic acids is 1. The number of ether oxygens (including phenoxy) is 2. The van der Waals surface area contributed by atoms with E-state index in [1.807, 2.05) is 48.5 Å². The molecule has 4 unspecified atom stereocenters. The molecule has 2 aromatic rings. The van der Waals surface area contributed by atoms with Crippen molar-refractivity contribution in [1.82, 2.24) is 10.2 Å². The van der Waals surface area contributed by atoms with Gasteiger partial charge in [-0.25, -0.2) is 4.79 Å². The number of nitrogens with one attached hydrogen (secondary N) is 1. The van der Waals surface area contributed by atoms with Crippen LogP contribution >= 0.6 is 0 Å². The summed E-state index contributed by atoms with van der Waals surface area (Å²) in [5, 5.41) is 14.3. The van der Waals surface area contributed by atoms with Gasteiger partial charge in [0, 0.05) is 30.0 Å². The van der Waals surface area contributed by atoms with Crippen LogP contribution in [0.25, 0.3) is 0 Å². The van der Waals surface area contributed by atoms with E-state index in [0.717, 1.165) is 43.2 Å². The lowest BCUT2D eigenvalue weighted by Gasteiger charge is -2.36. The van der Waals surface area contributed by atoms with Gasteiger partial charge in [0.15, 0.2) is 11.5 Å². The molecule has 1 saturated heterocycles. The molecule has 2 fully saturated rings. The molecular formula is C31H42N2O5. The number of hydrogen-bond donors (Lipinski definition) is 2. The van der Waals surface area contributed by atoms with E-state index >= 15 is 0 Å². The van der Waals surface area contributed by atoms with Crippen molar-refractivity contribution in [2.75, 3.05) is 14.2 Å². The summed E-state index contributed by atoms with van der Waals surface area (Å²) in [6.07, 6.45) is 4.80. The number of carbonyl (C=O) groups is 2. The van der Waals surface area contributed by atoms with Crippen LogP contribution in [0.2, 0.25) is 0 Å². The Balaban J connectivity index is 1.80. The van der Waals surface area contributed by atoms with E-state index in [1.165, 1.54) is 0 Å². The first-order chi connectivity index (χ1) is 18.2. The summed E-state index contributed by atoms with van der Waals surface area (Å²) in [5.41, 5.74) is 1.48. The van der Waals surface area contributed by atoms with Gasteiger partial charge in [-0.3, -0.25) is 4.79 Å². The summed E-state index contributed by atoms with van der Waals surface area (Å²) in [7, 11) is 3.23. The highest BCUT2D eigenvalue weighted by Gasteiger charge is 2.58. The number of rotatable bonds is 8. The lowest BCUT2D eigenvalue weighted by Crippen LogP contribution is -2.49. The van der Waals surface area contributed by atoms with E-state index in [0.29, 0.717) is 18.0 Å². The van der Waals surface area contributed by atoms with E-state index in [2.05, 4.69) is 26.1 Å². The molecule has 206 valence electrons. The summed E-state index contributed by atoms with van der Waals surface area (Å²) in [5.74, 6) is -0.137. The van der Waals surface area contributed by atoms with E-state index in [4.69, 9.17) is 9.47 Å². The molecule has 38 heavy (non-hydrogen) atoms. The topological polar surface area (TPSA) is 88.1 Å². The van der Waals surface area contributed by atoms with Crippen molar-refractivity contribution in [1.29, 1.82) is 0 Å². The SMILES string of the molecule is COc1cccc(CNC2C(c3ccccc3)N(C(=O)C3CCCCC3)C(C(=O)O)C2C(C)(C)C)c1OC. The number of hydrogen-bond acceptors (Lipinski definition) is 5. The molecule has 4 atom stereocenters. The average molecular weight is 523 g/mol. The molecule has 2 aliphatic rings. The molecule has 7 heteroatoms. The third kappa shape index (κ3) is 5.53. The number of nitrogens with zero attached hydrogens (tertiary/aromatic N) is 1. The van der Waals surface area contributed by atoms with Crippen LogP contribution in [0.15, 0.2) is 48.5 Å². The van der Waals surface area contributed by atoms with Crippen molar-refractivity contribution in [3.63, 3.8) is 0 Å². The Morgan fingerprint density at radius 2 is 1.66 bits per heavy atom. The summed E-state index contributed by atoms with van der Waals surface area (Å²) in [6, 6.07) is 14.0. The van der Waals surface area contributed by atoms with Crippen molar-refractivity contribution >= 4 is 11.9 Å². The first kappa shape index (κ1) is 28.0.